The van der Waals surface area contributed by atoms with Crippen molar-refractivity contribution in [1.29, 1.82) is 0 Å². The number of hydrogen-bond donors (Lipinski definition) is 0. The summed E-state index contributed by atoms with van der Waals surface area (Å²) < 4.78 is 9.07. The summed E-state index contributed by atoms with van der Waals surface area (Å²) in [6, 6.07) is 0. The van der Waals surface area contributed by atoms with Gasteiger partial charge in [0.25, 0.3) is 0 Å². The molecule has 0 aliphatic rings. The van der Waals surface area contributed by atoms with Crippen molar-refractivity contribution in [2.45, 2.75) is 32.3 Å². The van der Waals surface area contributed by atoms with E-state index >= 15 is 0 Å². The Kier molecular flexibility index (Phi) is 5.28. The third-order valence-electron chi connectivity index (χ3n) is 1.50. The molecule has 1 atom stereocenters. The number of Topliss-reactive ketones (excluding diaryl/α,β-unsaturated/α-hetero) is 1. The number of carbonyl (C=O) groups is 3. The minimum Gasteiger partial charge on any atom is -0.462 e. The standard InChI is InChI=1S/C9H13ClO5/c1-4-7(12)9(10,15-6(3)11)8(13)14-5-2/h4-5H2,1-3H3/t9-/m1/s1. The van der Waals surface area contributed by atoms with E-state index in [1.165, 1.54) is 6.92 Å². The first-order chi connectivity index (χ1) is 6.88. The summed E-state index contributed by atoms with van der Waals surface area (Å²) in [5, 5.41) is -2.34. The van der Waals surface area contributed by atoms with Gasteiger partial charge in [-0.15, -0.1) is 0 Å². The van der Waals surface area contributed by atoms with Gasteiger partial charge in [-0.1, -0.05) is 18.5 Å². The van der Waals surface area contributed by atoms with Gasteiger partial charge in [-0.2, -0.15) is 0 Å². The van der Waals surface area contributed by atoms with Crippen LogP contribution in [0.1, 0.15) is 27.2 Å². The minimum absolute atomic E-state index is 0.0321. The fourth-order valence-electron chi connectivity index (χ4n) is 0.862. The topological polar surface area (TPSA) is 69.7 Å². The molecule has 0 aromatic rings. The summed E-state index contributed by atoms with van der Waals surface area (Å²) in [6.07, 6.45) is -0.0321. The number of rotatable bonds is 5. The number of ketones is 1. The molecule has 15 heavy (non-hydrogen) atoms. The Morgan fingerprint density at radius 2 is 1.80 bits per heavy atom. The normalized spacial score (nSPS) is 13.9. The van der Waals surface area contributed by atoms with Crippen LogP contribution in [0, 0.1) is 0 Å². The Bertz CT molecular complexity index is 276. The highest BCUT2D eigenvalue weighted by molar-refractivity contribution is 6.44. The largest absolute Gasteiger partial charge is 0.462 e. The molecule has 0 aliphatic carbocycles. The number of halogens is 1. The predicted octanol–water partition coefficient (Wildman–Crippen LogP) is 1.03. The number of hydrogen-bond acceptors (Lipinski definition) is 5. The van der Waals surface area contributed by atoms with Gasteiger partial charge in [-0.3, -0.25) is 9.59 Å². The number of ether oxygens (including phenoxy) is 2. The van der Waals surface area contributed by atoms with E-state index in [2.05, 4.69) is 9.47 Å². The van der Waals surface area contributed by atoms with E-state index in [0.29, 0.717) is 0 Å². The van der Waals surface area contributed by atoms with Crippen molar-refractivity contribution >= 4 is 29.3 Å². The summed E-state index contributed by atoms with van der Waals surface area (Å²) in [5.41, 5.74) is 0. The first kappa shape index (κ1) is 13.9. The Labute approximate surface area is 92.7 Å². The van der Waals surface area contributed by atoms with Gasteiger partial charge in [-0.25, -0.2) is 4.79 Å². The highest BCUT2D eigenvalue weighted by Gasteiger charge is 2.48. The molecular formula is C9H13ClO5. The van der Waals surface area contributed by atoms with Crippen LogP contribution in [0.4, 0.5) is 0 Å². The summed E-state index contributed by atoms with van der Waals surface area (Å²) in [7, 11) is 0. The summed E-state index contributed by atoms with van der Waals surface area (Å²) in [4.78, 5) is 33.4. The summed E-state index contributed by atoms with van der Waals surface area (Å²) in [5.74, 6) is -2.59. The van der Waals surface area contributed by atoms with Gasteiger partial charge in [0.1, 0.15) is 0 Å². The zero-order chi connectivity index (χ0) is 12.1. The van der Waals surface area contributed by atoms with Gasteiger partial charge in [0.2, 0.25) is 5.78 Å². The number of esters is 2. The average molecular weight is 237 g/mol. The molecule has 86 valence electrons. The molecule has 0 heterocycles. The van der Waals surface area contributed by atoms with Crippen LogP contribution >= 0.6 is 11.6 Å². The molecule has 0 aromatic heterocycles. The Balaban J connectivity index is 4.92. The third kappa shape index (κ3) is 3.51. The van der Waals surface area contributed by atoms with Gasteiger partial charge in [0, 0.05) is 13.3 Å². The third-order valence-corrected chi connectivity index (χ3v) is 1.94. The van der Waals surface area contributed by atoms with E-state index in [4.69, 9.17) is 11.6 Å². The first-order valence-electron chi connectivity index (χ1n) is 4.47. The van der Waals surface area contributed by atoms with Crippen LogP contribution in [0.15, 0.2) is 0 Å². The maximum atomic E-state index is 11.4. The van der Waals surface area contributed by atoms with E-state index < -0.39 is 22.8 Å². The van der Waals surface area contributed by atoms with Crippen LogP contribution < -0.4 is 0 Å². The quantitative estimate of drug-likeness (QED) is 0.405. The molecule has 0 rings (SSSR count). The van der Waals surface area contributed by atoms with Gasteiger partial charge >= 0.3 is 17.0 Å². The van der Waals surface area contributed by atoms with Crippen LogP contribution in [0.25, 0.3) is 0 Å². The van der Waals surface area contributed by atoms with Gasteiger partial charge < -0.3 is 9.47 Å². The van der Waals surface area contributed by atoms with Crippen LogP contribution in [0.3, 0.4) is 0 Å². The van der Waals surface area contributed by atoms with Crippen molar-refractivity contribution in [2.75, 3.05) is 6.61 Å². The Morgan fingerprint density at radius 1 is 1.27 bits per heavy atom. The monoisotopic (exact) mass is 236 g/mol. The predicted molar refractivity (Wildman–Crippen MR) is 52.3 cm³/mol. The molecule has 0 saturated carbocycles. The zero-order valence-corrected chi connectivity index (χ0v) is 9.59. The molecule has 0 radical (unpaired) electrons. The van der Waals surface area contributed by atoms with Crippen molar-refractivity contribution in [3.63, 3.8) is 0 Å². The van der Waals surface area contributed by atoms with E-state index in [1.807, 2.05) is 0 Å². The number of alkyl halides is 1. The SMILES string of the molecule is CCOC(=O)[C@](Cl)(OC(C)=O)C(=O)CC. The maximum Gasteiger partial charge on any atom is 0.375 e. The Hall–Kier alpha value is -1.10. The smallest absolute Gasteiger partial charge is 0.375 e. The van der Waals surface area contributed by atoms with Gasteiger partial charge in [-0.05, 0) is 6.92 Å². The van der Waals surface area contributed by atoms with Gasteiger partial charge in [0.15, 0.2) is 0 Å². The van der Waals surface area contributed by atoms with Crippen LogP contribution in [0.2, 0.25) is 0 Å². The lowest BCUT2D eigenvalue weighted by Crippen LogP contribution is -2.46. The van der Waals surface area contributed by atoms with Crippen LogP contribution in [-0.2, 0) is 23.9 Å². The Morgan fingerprint density at radius 3 is 2.13 bits per heavy atom. The second-order valence-electron chi connectivity index (χ2n) is 2.69. The fourth-order valence-corrected chi connectivity index (χ4v) is 1.16. The molecule has 0 fully saturated rings. The summed E-state index contributed by atoms with van der Waals surface area (Å²) >= 11 is 5.65. The fraction of sp³-hybridized carbons (Fsp3) is 0.667. The molecule has 0 spiro atoms. The highest BCUT2D eigenvalue weighted by atomic mass is 35.5. The molecule has 5 nitrogen and oxygen atoms in total. The van der Waals surface area contributed by atoms with Crippen molar-refractivity contribution in [2.24, 2.45) is 0 Å². The molecule has 0 aromatic carbocycles. The zero-order valence-electron chi connectivity index (χ0n) is 8.83. The molecule has 0 saturated heterocycles. The molecule has 0 aliphatic heterocycles. The molecule has 6 heteroatoms. The van der Waals surface area contributed by atoms with E-state index in [0.717, 1.165) is 6.92 Å². The molecule has 0 unspecified atom stereocenters. The lowest BCUT2D eigenvalue weighted by Gasteiger charge is -2.21. The average Bonchev–Trinajstić information content (AvgIpc) is 2.15. The lowest BCUT2D eigenvalue weighted by atomic mass is 10.2. The van der Waals surface area contributed by atoms with Crippen molar-refractivity contribution in [3.05, 3.63) is 0 Å². The molecule has 0 bridgehead atoms. The van der Waals surface area contributed by atoms with E-state index in [1.54, 1.807) is 6.92 Å². The molecule has 0 amide bonds. The van der Waals surface area contributed by atoms with Crippen LogP contribution in [0.5, 0.6) is 0 Å². The van der Waals surface area contributed by atoms with Crippen LogP contribution in [-0.4, -0.2) is 29.4 Å². The van der Waals surface area contributed by atoms with E-state index in [9.17, 15) is 14.4 Å². The van der Waals surface area contributed by atoms with E-state index in [-0.39, 0.29) is 13.0 Å². The maximum absolute atomic E-state index is 11.4. The molecule has 0 N–H and O–H groups in total. The van der Waals surface area contributed by atoms with Crippen molar-refractivity contribution in [3.8, 4) is 0 Å². The first-order valence-corrected chi connectivity index (χ1v) is 4.85. The van der Waals surface area contributed by atoms with Crippen molar-refractivity contribution < 1.29 is 23.9 Å². The minimum atomic E-state index is -2.34. The lowest BCUT2D eigenvalue weighted by molar-refractivity contribution is -0.174. The number of carbonyl (C=O) groups excluding carboxylic acids is 3. The highest BCUT2D eigenvalue weighted by Crippen LogP contribution is 2.22. The molecular weight excluding hydrogens is 224 g/mol. The second-order valence-corrected chi connectivity index (χ2v) is 3.22. The second kappa shape index (κ2) is 5.70. The van der Waals surface area contributed by atoms with Crippen molar-refractivity contribution in [1.82, 2.24) is 0 Å². The van der Waals surface area contributed by atoms with Gasteiger partial charge in [0.05, 0.1) is 6.61 Å². The summed E-state index contributed by atoms with van der Waals surface area (Å²) in [6.45, 7) is 4.16.